The Balaban J connectivity index is 1.39. The number of methoxy groups -OCH3 is 1. The summed E-state index contributed by atoms with van der Waals surface area (Å²) in [7, 11) is 1.77. The Hall–Kier alpha value is -2.47. The Kier molecular flexibility index (Phi) is 5.34. The number of carbonyl (C=O) groups excluding carboxylic acids is 1. The Morgan fingerprint density at radius 2 is 1.85 bits per heavy atom. The molecule has 3 heterocycles. The molecule has 2 aromatic heterocycles. The molecule has 6 nitrogen and oxygen atoms in total. The summed E-state index contributed by atoms with van der Waals surface area (Å²) in [4.78, 5) is 23.4. The van der Waals surface area contributed by atoms with Crippen molar-refractivity contribution in [3.05, 3.63) is 54.5 Å². The molecule has 2 aliphatic rings. The van der Waals surface area contributed by atoms with Gasteiger partial charge in [-0.05, 0) is 48.9 Å². The summed E-state index contributed by atoms with van der Waals surface area (Å²) in [5.74, 6) is 2.06. The summed E-state index contributed by atoms with van der Waals surface area (Å²) >= 11 is 0. The molecule has 142 valence electrons. The van der Waals surface area contributed by atoms with Crippen LogP contribution in [-0.2, 0) is 16.0 Å². The highest BCUT2D eigenvalue weighted by Gasteiger charge is 2.43. The van der Waals surface area contributed by atoms with E-state index in [9.17, 15) is 4.79 Å². The molecule has 0 unspecified atom stereocenters. The lowest BCUT2D eigenvalue weighted by molar-refractivity contribution is -0.129. The first-order chi connectivity index (χ1) is 13.2. The smallest absolute Gasteiger partial charge is 0.228 e. The minimum Gasteiger partial charge on any atom is -0.379 e. The number of nitrogens with zero attached hydrogens (tertiary/aromatic N) is 3. The molecule has 1 saturated carbocycles. The molecule has 0 spiro atoms. The molecule has 4 rings (SSSR count). The molecule has 1 N–H and O–H groups in total. The number of anilines is 1. The molecule has 0 bridgehead atoms. The zero-order chi connectivity index (χ0) is 18.6. The van der Waals surface area contributed by atoms with Crippen LogP contribution in [0, 0.1) is 11.8 Å². The maximum absolute atomic E-state index is 12.7. The fraction of sp³-hybridized carbons (Fsp3) is 0.476. The van der Waals surface area contributed by atoms with Crippen molar-refractivity contribution >= 4 is 11.7 Å². The third kappa shape index (κ3) is 4.11. The molecule has 4 atom stereocenters. The van der Waals surface area contributed by atoms with E-state index in [1.165, 1.54) is 0 Å². The number of nitrogens with one attached hydrogen (secondary N) is 1. The molecule has 1 saturated heterocycles. The van der Waals surface area contributed by atoms with Gasteiger partial charge in [0.05, 0.1) is 18.6 Å². The number of hydrogen-bond donors (Lipinski definition) is 1. The van der Waals surface area contributed by atoms with Gasteiger partial charge in [-0.2, -0.15) is 0 Å². The number of aromatic nitrogens is 2. The first kappa shape index (κ1) is 17.9. The van der Waals surface area contributed by atoms with Crippen molar-refractivity contribution in [1.82, 2.24) is 14.9 Å². The van der Waals surface area contributed by atoms with Crippen LogP contribution >= 0.6 is 0 Å². The summed E-state index contributed by atoms with van der Waals surface area (Å²) in [6, 6.07) is 11.8. The van der Waals surface area contributed by atoms with Crippen molar-refractivity contribution in [2.45, 2.75) is 31.4 Å². The number of amides is 1. The lowest BCUT2D eigenvalue weighted by Gasteiger charge is -2.37. The number of carbonyl (C=O) groups is 1. The van der Waals surface area contributed by atoms with Crippen LogP contribution in [-0.4, -0.2) is 53.1 Å². The quantitative estimate of drug-likeness (QED) is 0.880. The molecule has 27 heavy (non-hydrogen) atoms. The van der Waals surface area contributed by atoms with Gasteiger partial charge in [-0.15, -0.1) is 0 Å². The monoisotopic (exact) mass is 366 g/mol. The number of fused-ring (bicyclic) bond motifs is 1. The first-order valence-corrected chi connectivity index (χ1v) is 9.61. The normalized spacial score (nSPS) is 27.2. The Bertz CT molecular complexity index is 755. The summed E-state index contributed by atoms with van der Waals surface area (Å²) in [6.45, 7) is 1.65. The molecular weight excluding hydrogens is 340 g/mol. The van der Waals surface area contributed by atoms with Crippen molar-refractivity contribution in [3.8, 4) is 0 Å². The van der Waals surface area contributed by atoms with Gasteiger partial charge < -0.3 is 15.0 Å². The fourth-order valence-corrected chi connectivity index (χ4v) is 4.44. The highest BCUT2D eigenvalue weighted by atomic mass is 16.5. The molecule has 0 aromatic carbocycles. The zero-order valence-electron chi connectivity index (χ0n) is 15.6. The van der Waals surface area contributed by atoms with Gasteiger partial charge in [-0.3, -0.25) is 9.78 Å². The largest absolute Gasteiger partial charge is 0.379 e. The second kappa shape index (κ2) is 8.05. The van der Waals surface area contributed by atoms with Crippen LogP contribution in [0.25, 0.3) is 0 Å². The average Bonchev–Trinajstić information content (AvgIpc) is 3.12. The number of hydrogen-bond acceptors (Lipinski definition) is 5. The van der Waals surface area contributed by atoms with E-state index < -0.39 is 0 Å². The summed E-state index contributed by atoms with van der Waals surface area (Å²) < 4.78 is 5.77. The number of pyridine rings is 2. The van der Waals surface area contributed by atoms with Crippen LogP contribution in [0.1, 0.15) is 18.5 Å². The Labute approximate surface area is 160 Å². The maximum Gasteiger partial charge on any atom is 0.228 e. The van der Waals surface area contributed by atoms with E-state index >= 15 is 0 Å². The molecule has 2 fully saturated rings. The van der Waals surface area contributed by atoms with Gasteiger partial charge >= 0.3 is 0 Å². The van der Waals surface area contributed by atoms with E-state index in [0.29, 0.717) is 18.3 Å². The van der Waals surface area contributed by atoms with Crippen molar-refractivity contribution in [2.75, 3.05) is 25.5 Å². The van der Waals surface area contributed by atoms with Crippen LogP contribution in [0.15, 0.2) is 48.8 Å². The van der Waals surface area contributed by atoms with Gasteiger partial charge in [0.1, 0.15) is 5.82 Å². The van der Waals surface area contributed by atoms with Gasteiger partial charge in [0.2, 0.25) is 5.91 Å². The van der Waals surface area contributed by atoms with Crippen LogP contribution < -0.4 is 5.32 Å². The van der Waals surface area contributed by atoms with E-state index in [2.05, 4.69) is 15.3 Å². The number of rotatable bonds is 5. The van der Waals surface area contributed by atoms with Crippen molar-refractivity contribution in [1.29, 1.82) is 0 Å². The SMILES string of the molecule is CO[C@@H]1C[C@H]2CN(C(=O)Cc3ccccn3)C[C@H]2C[C@H]1Nc1ccccn1. The van der Waals surface area contributed by atoms with Crippen molar-refractivity contribution < 1.29 is 9.53 Å². The van der Waals surface area contributed by atoms with Crippen LogP contribution in [0.3, 0.4) is 0 Å². The first-order valence-electron chi connectivity index (χ1n) is 9.61. The third-order valence-electron chi connectivity index (χ3n) is 5.83. The van der Waals surface area contributed by atoms with E-state index in [0.717, 1.165) is 37.4 Å². The maximum atomic E-state index is 12.7. The van der Waals surface area contributed by atoms with Crippen molar-refractivity contribution in [2.24, 2.45) is 11.8 Å². The molecular formula is C21H26N4O2. The van der Waals surface area contributed by atoms with E-state index in [1.807, 2.05) is 41.3 Å². The molecule has 1 aliphatic heterocycles. The summed E-state index contributed by atoms with van der Waals surface area (Å²) in [5.41, 5.74) is 0.835. The van der Waals surface area contributed by atoms with Crippen LogP contribution in [0.4, 0.5) is 5.82 Å². The van der Waals surface area contributed by atoms with Gasteiger partial charge in [0, 0.05) is 38.3 Å². The number of likely N-dealkylation sites (tertiary alicyclic amines) is 1. The summed E-state index contributed by atoms with van der Waals surface area (Å²) in [5, 5.41) is 3.53. The van der Waals surface area contributed by atoms with Gasteiger partial charge in [0.15, 0.2) is 0 Å². The molecule has 0 radical (unpaired) electrons. The predicted octanol–water partition coefficient (Wildman–Crippen LogP) is 2.38. The van der Waals surface area contributed by atoms with Gasteiger partial charge in [-0.1, -0.05) is 12.1 Å². The lowest BCUT2D eigenvalue weighted by Crippen LogP contribution is -2.44. The van der Waals surface area contributed by atoms with E-state index in [4.69, 9.17) is 4.74 Å². The van der Waals surface area contributed by atoms with Crippen LogP contribution in [0.2, 0.25) is 0 Å². The molecule has 6 heteroatoms. The highest BCUT2D eigenvalue weighted by molar-refractivity contribution is 5.78. The minimum absolute atomic E-state index is 0.138. The second-order valence-electron chi connectivity index (χ2n) is 7.53. The molecule has 1 aliphatic carbocycles. The van der Waals surface area contributed by atoms with E-state index in [-0.39, 0.29) is 18.1 Å². The number of ether oxygens (including phenoxy) is 1. The highest BCUT2D eigenvalue weighted by Crippen LogP contribution is 2.38. The lowest BCUT2D eigenvalue weighted by atomic mass is 9.77. The Morgan fingerprint density at radius 3 is 2.52 bits per heavy atom. The third-order valence-corrected chi connectivity index (χ3v) is 5.83. The fourth-order valence-electron chi connectivity index (χ4n) is 4.44. The second-order valence-corrected chi connectivity index (χ2v) is 7.53. The van der Waals surface area contributed by atoms with Gasteiger partial charge in [0.25, 0.3) is 0 Å². The average molecular weight is 366 g/mol. The minimum atomic E-state index is 0.138. The van der Waals surface area contributed by atoms with Crippen LogP contribution in [0.5, 0.6) is 0 Å². The van der Waals surface area contributed by atoms with Gasteiger partial charge in [-0.25, -0.2) is 4.98 Å². The topological polar surface area (TPSA) is 67.3 Å². The summed E-state index contributed by atoms with van der Waals surface area (Å²) in [6.07, 6.45) is 6.02. The molecule has 2 aromatic rings. The standard InChI is InChI=1S/C21H26N4O2/c1-27-19-11-16-14-25(21(26)12-17-6-2-4-8-22-17)13-15(16)10-18(19)24-20-7-3-5-9-23-20/h2-9,15-16,18-19H,10-14H2,1H3,(H,23,24)/t15-,16+,18-,19-/m1/s1. The Morgan fingerprint density at radius 1 is 1.11 bits per heavy atom. The van der Waals surface area contributed by atoms with E-state index in [1.54, 1.807) is 19.5 Å². The molecule has 1 amide bonds. The predicted molar refractivity (Wildman–Crippen MR) is 103 cm³/mol. The van der Waals surface area contributed by atoms with Crippen molar-refractivity contribution in [3.63, 3.8) is 0 Å². The zero-order valence-corrected chi connectivity index (χ0v) is 15.6.